The molecular formula is C12H14ClNO4S. The highest BCUT2D eigenvalue weighted by molar-refractivity contribution is 7.91. The molecule has 2 N–H and O–H groups in total. The maximum absolute atomic E-state index is 11.9. The van der Waals surface area contributed by atoms with Crippen LogP contribution in [0.1, 0.15) is 16.8 Å². The molecule has 1 aromatic carbocycles. The van der Waals surface area contributed by atoms with E-state index in [1.807, 2.05) is 0 Å². The Morgan fingerprint density at radius 2 is 2.21 bits per heavy atom. The number of hydrogen-bond donors (Lipinski definition) is 2. The molecule has 1 aromatic rings. The zero-order valence-corrected chi connectivity index (χ0v) is 11.7. The van der Waals surface area contributed by atoms with Gasteiger partial charge in [0.2, 0.25) is 0 Å². The normalized spacial score (nSPS) is 21.2. The summed E-state index contributed by atoms with van der Waals surface area (Å²) in [5.74, 6) is -0.213. The van der Waals surface area contributed by atoms with Crippen molar-refractivity contribution in [2.24, 2.45) is 5.92 Å². The van der Waals surface area contributed by atoms with Crippen LogP contribution in [0.25, 0.3) is 0 Å². The van der Waals surface area contributed by atoms with Gasteiger partial charge in [-0.25, -0.2) is 8.42 Å². The first kappa shape index (κ1) is 14.1. The van der Waals surface area contributed by atoms with Gasteiger partial charge in [-0.2, -0.15) is 0 Å². The zero-order chi connectivity index (χ0) is 14.0. The van der Waals surface area contributed by atoms with Gasteiger partial charge in [-0.15, -0.1) is 0 Å². The van der Waals surface area contributed by atoms with Crippen LogP contribution >= 0.6 is 11.6 Å². The topological polar surface area (TPSA) is 83.5 Å². The molecule has 1 unspecified atom stereocenters. The van der Waals surface area contributed by atoms with E-state index in [9.17, 15) is 18.3 Å². The van der Waals surface area contributed by atoms with Crippen molar-refractivity contribution in [2.75, 3.05) is 18.1 Å². The van der Waals surface area contributed by atoms with E-state index in [4.69, 9.17) is 11.6 Å². The fourth-order valence-electron chi connectivity index (χ4n) is 2.05. The number of hydrogen-bond acceptors (Lipinski definition) is 4. The maximum atomic E-state index is 11.9. The number of carbonyl (C=O) groups excluding carboxylic acids is 1. The molecule has 5 nitrogen and oxygen atoms in total. The quantitative estimate of drug-likeness (QED) is 0.879. The Morgan fingerprint density at radius 3 is 2.84 bits per heavy atom. The third-order valence-electron chi connectivity index (χ3n) is 3.07. The molecule has 104 valence electrons. The van der Waals surface area contributed by atoms with Crippen molar-refractivity contribution >= 4 is 27.3 Å². The van der Waals surface area contributed by atoms with Crippen LogP contribution in [0.4, 0.5) is 0 Å². The summed E-state index contributed by atoms with van der Waals surface area (Å²) >= 11 is 5.86. The van der Waals surface area contributed by atoms with E-state index in [0.29, 0.717) is 13.0 Å². The van der Waals surface area contributed by atoms with E-state index in [1.165, 1.54) is 18.2 Å². The van der Waals surface area contributed by atoms with Crippen LogP contribution < -0.4 is 5.32 Å². The first-order chi connectivity index (χ1) is 8.87. The molecule has 2 rings (SSSR count). The van der Waals surface area contributed by atoms with Gasteiger partial charge >= 0.3 is 0 Å². The summed E-state index contributed by atoms with van der Waals surface area (Å²) in [6.45, 7) is 0.296. The summed E-state index contributed by atoms with van der Waals surface area (Å²) in [7, 11) is -2.94. The summed E-state index contributed by atoms with van der Waals surface area (Å²) in [6, 6.07) is 4.11. The minimum Gasteiger partial charge on any atom is -0.508 e. The van der Waals surface area contributed by atoms with Gasteiger partial charge in [-0.1, -0.05) is 11.6 Å². The number of carbonyl (C=O) groups is 1. The molecule has 1 amide bonds. The van der Waals surface area contributed by atoms with Crippen molar-refractivity contribution in [1.82, 2.24) is 5.32 Å². The first-order valence-electron chi connectivity index (χ1n) is 5.84. The van der Waals surface area contributed by atoms with Gasteiger partial charge in [0.1, 0.15) is 5.75 Å². The molecule has 1 atom stereocenters. The Balaban J connectivity index is 1.97. The third-order valence-corrected chi connectivity index (χ3v) is 5.24. The minimum atomic E-state index is -2.94. The van der Waals surface area contributed by atoms with Gasteiger partial charge in [0.15, 0.2) is 9.84 Å². The summed E-state index contributed by atoms with van der Waals surface area (Å²) in [6.07, 6.45) is 0.566. The number of benzene rings is 1. The highest BCUT2D eigenvalue weighted by Crippen LogP contribution is 2.22. The standard InChI is InChI=1S/C12H14ClNO4S/c13-11-2-1-9(15)5-10(11)12(16)14-6-8-3-4-19(17,18)7-8/h1-2,5,8,15H,3-4,6-7H2,(H,14,16). The molecule has 0 bridgehead atoms. The van der Waals surface area contributed by atoms with Gasteiger partial charge in [0.25, 0.3) is 5.91 Å². The van der Waals surface area contributed by atoms with Gasteiger partial charge in [-0.3, -0.25) is 4.79 Å². The largest absolute Gasteiger partial charge is 0.508 e. The van der Waals surface area contributed by atoms with Crippen LogP contribution in [0.2, 0.25) is 5.02 Å². The second-order valence-corrected chi connectivity index (χ2v) is 7.28. The first-order valence-corrected chi connectivity index (χ1v) is 8.04. The van der Waals surface area contributed by atoms with E-state index in [2.05, 4.69) is 5.32 Å². The molecule has 0 radical (unpaired) electrons. The smallest absolute Gasteiger partial charge is 0.252 e. The number of halogens is 1. The van der Waals surface area contributed by atoms with Crippen molar-refractivity contribution in [3.63, 3.8) is 0 Å². The second kappa shape index (κ2) is 5.38. The second-order valence-electron chi connectivity index (χ2n) is 4.64. The monoisotopic (exact) mass is 303 g/mol. The van der Waals surface area contributed by atoms with Gasteiger partial charge in [0, 0.05) is 6.54 Å². The molecule has 0 aliphatic carbocycles. The predicted octanol–water partition coefficient (Wildman–Crippen LogP) is 1.21. The number of aromatic hydroxyl groups is 1. The molecular weight excluding hydrogens is 290 g/mol. The fraction of sp³-hybridized carbons (Fsp3) is 0.417. The lowest BCUT2D eigenvalue weighted by Gasteiger charge is -2.10. The Hall–Kier alpha value is -1.27. The van der Waals surface area contributed by atoms with E-state index < -0.39 is 15.7 Å². The van der Waals surface area contributed by atoms with Gasteiger partial charge in [0.05, 0.1) is 22.1 Å². The fourth-order valence-corrected chi connectivity index (χ4v) is 4.12. The lowest BCUT2D eigenvalue weighted by Crippen LogP contribution is -2.30. The third kappa shape index (κ3) is 3.61. The van der Waals surface area contributed by atoms with Crippen molar-refractivity contribution in [3.8, 4) is 5.75 Å². The van der Waals surface area contributed by atoms with Gasteiger partial charge in [-0.05, 0) is 30.5 Å². The molecule has 1 fully saturated rings. The molecule has 1 heterocycles. The van der Waals surface area contributed by atoms with Crippen LogP contribution in [0.15, 0.2) is 18.2 Å². The molecule has 0 aromatic heterocycles. The van der Waals surface area contributed by atoms with Crippen molar-refractivity contribution in [3.05, 3.63) is 28.8 Å². The average Bonchev–Trinajstić information content (AvgIpc) is 2.69. The predicted molar refractivity (Wildman–Crippen MR) is 72.2 cm³/mol. The SMILES string of the molecule is O=C(NCC1CCS(=O)(=O)C1)c1cc(O)ccc1Cl. The molecule has 1 aliphatic rings. The summed E-state index contributed by atoms with van der Waals surface area (Å²) in [5.41, 5.74) is 0.183. The number of sulfone groups is 1. The highest BCUT2D eigenvalue weighted by atomic mass is 35.5. The van der Waals surface area contributed by atoms with Crippen LogP contribution in [-0.2, 0) is 9.84 Å². The Bertz CT molecular complexity index is 600. The Labute approximate surface area is 116 Å². The number of phenolic OH excluding ortho intramolecular Hbond substituents is 1. The minimum absolute atomic E-state index is 0.0435. The van der Waals surface area contributed by atoms with Gasteiger partial charge < -0.3 is 10.4 Å². The van der Waals surface area contributed by atoms with Crippen molar-refractivity contribution < 1.29 is 18.3 Å². The van der Waals surface area contributed by atoms with Crippen LogP contribution in [0.5, 0.6) is 5.75 Å². The van der Waals surface area contributed by atoms with Crippen LogP contribution in [-0.4, -0.2) is 37.5 Å². The average molecular weight is 304 g/mol. The van der Waals surface area contributed by atoms with E-state index in [1.54, 1.807) is 0 Å². The number of amides is 1. The lowest BCUT2D eigenvalue weighted by atomic mass is 10.1. The van der Waals surface area contributed by atoms with E-state index in [-0.39, 0.29) is 33.8 Å². The summed E-state index contributed by atoms with van der Waals surface area (Å²) < 4.78 is 22.6. The number of phenols is 1. The molecule has 1 saturated heterocycles. The van der Waals surface area contributed by atoms with E-state index in [0.717, 1.165) is 0 Å². The van der Waals surface area contributed by atoms with Crippen molar-refractivity contribution in [1.29, 1.82) is 0 Å². The Morgan fingerprint density at radius 1 is 1.47 bits per heavy atom. The molecule has 7 heteroatoms. The van der Waals surface area contributed by atoms with E-state index >= 15 is 0 Å². The van der Waals surface area contributed by atoms with Crippen LogP contribution in [0.3, 0.4) is 0 Å². The molecule has 0 spiro atoms. The molecule has 19 heavy (non-hydrogen) atoms. The molecule has 0 saturated carbocycles. The lowest BCUT2D eigenvalue weighted by molar-refractivity contribution is 0.0948. The Kier molecular flexibility index (Phi) is 4.01. The number of rotatable bonds is 3. The highest BCUT2D eigenvalue weighted by Gasteiger charge is 2.28. The van der Waals surface area contributed by atoms with Crippen LogP contribution in [0, 0.1) is 5.92 Å². The zero-order valence-electron chi connectivity index (χ0n) is 10.1. The van der Waals surface area contributed by atoms with Crippen molar-refractivity contribution in [2.45, 2.75) is 6.42 Å². The maximum Gasteiger partial charge on any atom is 0.252 e. The summed E-state index contributed by atoms with van der Waals surface area (Å²) in [4.78, 5) is 11.9. The molecule has 1 aliphatic heterocycles. The summed E-state index contributed by atoms with van der Waals surface area (Å²) in [5, 5.41) is 12.2. The number of nitrogens with one attached hydrogen (secondary N) is 1.